The Hall–Kier alpha value is -5.33. The fraction of sp³-hybridized carbons (Fsp3) is 0.250. The van der Waals surface area contributed by atoms with Crippen molar-refractivity contribution in [2.75, 3.05) is 36.7 Å². The molecule has 1 atom stereocenters. The summed E-state index contributed by atoms with van der Waals surface area (Å²) in [6.45, 7) is 2.54. The van der Waals surface area contributed by atoms with Gasteiger partial charge >= 0.3 is 12.1 Å². The predicted octanol–water partition coefficient (Wildman–Crippen LogP) is 5.75. The van der Waals surface area contributed by atoms with E-state index in [1.807, 2.05) is 91.9 Å². The molecule has 0 bridgehead atoms. The molecule has 1 heterocycles. The van der Waals surface area contributed by atoms with E-state index in [0.29, 0.717) is 30.4 Å². The first-order chi connectivity index (χ1) is 21.5. The quantitative estimate of drug-likeness (QED) is 0.155. The van der Waals surface area contributed by atoms with Crippen molar-refractivity contribution in [2.45, 2.75) is 32.0 Å². The summed E-state index contributed by atoms with van der Waals surface area (Å²) < 4.78 is 42.4. The van der Waals surface area contributed by atoms with E-state index < -0.39 is 18.2 Å². The Morgan fingerprint density at radius 2 is 1.56 bits per heavy atom. The number of hydrogen-bond donors (Lipinski definition) is 4. The normalized spacial score (nSPS) is 11.3. The molecule has 4 N–H and O–H groups in total. The molecule has 0 saturated carbocycles. The molecule has 0 unspecified atom stereocenters. The third-order valence-corrected chi connectivity index (χ3v) is 6.25. The Kier molecular flexibility index (Phi) is 12.5. The number of amides is 1. The second-order valence-corrected chi connectivity index (χ2v) is 9.61. The maximum atomic E-state index is 13.4. The molecule has 0 radical (unpaired) electrons. The molecule has 0 saturated heterocycles. The van der Waals surface area contributed by atoms with Crippen molar-refractivity contribution in [2.24, 2.45) is 0 Å². The molecule has 1 aromatic heterocycles. The standard InChI is InChI=1S/C30H33N5O3.C2HF3O2/c1-21-19-28(35-30(32-21)31-18-17-23-11-7-8-12-27(23)38-3)34-26(20-22-9-5-4-6-10-22)29(36)33-24-13-15-25(37-2)16-14-24;3-2(4,5)1(6)7/h4-16,19,26H,17-18,20H2,1-3H3,(H,33,36)(H2,31,32,34,35);(H,6,7)/t26-;/m0./s1. The molecule has 0 aliphatic rings. The van der Waals surface area contributed by atoms with Crippen molar-refractivity contribution in [3.05, 3.63) is 102 Å². The second kappa shape index (κ2) is 16.5. The van der Waals surface area contributed by atoms with Crippen LogP contribution in [0.4, 0.5) is 30.6 Å². The van der Waals surface area contributed by atoms with Gasteiger partial charge in [0.25, 0.3) is 0 Å². The lowest BCUT2D eigenvalue weighted by Gasteiger charge is -2.20. The largest absolute Gasteiger partial charge is 0.497 e. The molecule has 238 valence electrons. The fourth-order valence-corrected chi connectivity index (χ4v) is 4.08. The summed E-state index contributed by atoms with van der Waals surface area (Å²) in [5, 5.41) is 16.8. The first kappa shape index (κ1) is 34.2. The molecule has 0 fully saturated rings. The number of aryl methyl sites for hydroxylation is 1. The number of alkyl halides is 3. The molecule has 45 heavy (non-hydrogen) atoms. The SMILES string of the molecule is COc1ccc(NC(=O)[C@H](Cc2ccccc2)Nc2cc(C)nc(NCCc3ccccc3OC)n2)cc1.O=C(O)C(F)(F)F. The first-order valence-corrected chi connectivity index (χ1v) is 13.8. The summed E-state index contributed by atoms with van der Waals surface area (Å²) >= 11 is 0. The summed E-state index contributed by atoms with van der Waals surface area (Å²) in [7, 11) is 3.28. The number of rotatable bonds is 12. The van der Waals surface area contributed by atoms with Gasteiger partial charge in [0.2, 0.25) is 11.9 Å². The summed E-state index contributed by atoms with van der Waals surface area (Å²) in [5.41, 5.74) is 3.62. The Bertz CT molecular complexity index is 1540. The first-order valence-electron chi connectivity index (χ1n) is 13.8. The number of para-hydroxylation sites is 1. The van der Waals surface area contributed by atoms with E-state index in [0.717, 1.165) is 34.7 Å². The van der Waals surface area contributed by atoms with E-state index in [2.05, 4.69) is 25.9 Å². The van der Waals surface area contributed by atoms with Crippen molar-refractivity contribution >= 4 is 29.3 Å². The lowest BCUT2D eigenvalue weighted by atomic mass is 10.0. The number of anilines is 3. The zero-order valence-electron chi connectivity index (χ0n) is 24.9. The zero-order valence-corrected chi connectivity index (χ0v) is 24.9. The highest BCUT2D eigenvalue weighted by molar-refractivity contribution is 5.96. The van der Waals surface area contributed by atoms with E-state index in [9.17, 15) is 18.0 Å². The van der Waals surface area contributed by atoms with E-state index in [1.165, 1.54) is 0 Å². The van der Waals surface area contributed by atoms with E-state index >= 15 is 0 Å². The highest BCUT2D eigenvalue weighted by Crippen LogP contribution is 2.20. The Morgan fingerprint density at radius 1 is 0.911 bits per heavy atom. The number of carboxylic acids is 1. The van der Waals surface area contributed by atoms with Crippen LogP contribution in [0.1, 0.15) is 16.8 Å². The minimum atomic E-state index is -5.08. The maximum Gasteiger partial charge on any atom is 0.490 e. The van der Waals surface area contributed by atoms with Crippen LogP contribution in [0.15, 0.2) is 84.9 Å². The van der Waals surface area contributed by atoms with Crippen LogP contribution in [0.3, 0.4) is 0 Å². The minimum absolute atomic E-state index is 0.166. The van der Waals surface area contributed by atoms with Crippen LogP contribution in [0, 0.1) is 6.92 Å². The molecule has 0 spiro atoms. The van der Waals surface area contributed by atoms with Crippen LogP contribution in [0.5, 0.6) is 11.5 Å². The van der Waals surface area contributed by atoms with Crippen LogP contribution in [0.25, 0.3) is 0 Å². The minimum Gasteiger partial charge on any atom is -0.497 e. The Morgan fingerprint density at radius 3 is 2.18 bits per heavy atom. The molecule has 4 aromatic rings. The van der Waals surface area contributed by atoms with Gasteiger partial charge in [-0.2, -0.15) is 18.2 Å². The smallest absolute Gasteiger partial charge is 0.490 e. The summed E-state index contributed by atoms with van der Waals surface area (Å²) in [5.74, 6) is -0.273. The number of ether oxygens (including phenoxy) is 2. The highest BCUT2D eigenvalue weighted by atomic mass is 19.4. The van der Waals surface area contributed by atoms with Crippen LogP contribution in [-0.4, -0.2) is 59.9 Å². The van der Waals surface area contributed by atoms with Gasteiger partial charge in [-0.1, -0.05) is 48.5 Å². The number of halogens is 3. The maximum absolute atomic E-state index is 13.4. The number of carbonyl (C=O) groups excluding carboxylic acids is 1. The van der Waals surface area contributed by atoms with Crippen molar-refractivity contribution in [1.82, 2.24) is 9.97 Å². The van der Waals surface area contributed by atoms with Crippen molar-refractivity contribution < 1.29 is 37.3 Å². The number of aliphatic carboxylic acids is 1. The van der Waals surface area contributed by atoms with Gasteiger partial charge in [0.05, 0.1) is 14.2 Å². The third-order valence-electron chi connectivity index (χ3n) is 6.25. The number of hydrogen-bond acceptors (Lipinski definition) is 8. The molecular formula is C32H34F3N5O5. The molecular weight excluding hydrogens is 591 g/mol. The van der Waals surface area contributed by atoms with Gasteiger partial charge in [-0.05, 0) is 54.8 Å². The van der Waals surface area contributed by atoms with E-state index in [-0.39, 0.29) is 5.91 Å². The predicted molar refractivity (Wildman–Crippen MR) is 165 cm³/mol. The van der Waals surface area contributed by atoms with Gasteiger partial charge in [0.15, 0.2) is 0 Å². The summed E-state index contributed by atoms with van der Waals surface area (Å²) in [6, 6.07) is 26.4. The molecule has 0 aliphatic heterocycles. The topological polar surface area (TPSA) is 135 Å². The molecule has 13 heteroatoms. The zero-order chi connectivity index (χ0) is 32.8. The van der Waals surface area contributed by atoms with Crippen LogP contribution in [-0.2, 0) is 22.4 Å². The van der Waals surface area contributed by atoms with Crippen LogP contribution < -0.4 is 25.4 Å². The number of carboxylic acid groups (broad SMARTS) is 1. The van der Waals surface area contributed by atoms with Gasteiger partial charge in [0, 0.05) is 30.4 Å². The van der Waals surface area contributed by atoms with Gasteiger partial charge in [-0.15, -0.1) is 0 Å². The average Bonchev–Trinajstić information content (AvgIpc) is 3.01. The molecule has 0 aliphatic carbocycles. The fourth-order valence-electron chi connectivity index (χ4n) is 4.08. The third kappa shape index (κ3) is 11.4. The van der Waals surface area contributed by atoms with Crippen LogP contribution >= 0.6 is 0 Å². The van der Waals surface area contributed by atoms with Gasteiger partial charge < -0.3 is 30.5 Å². The lowest BCUT2D eigenvalue weighted by molar-refractivity contribution is -0.192. The lowest BCUT2D eigenvalue weighted by Crippen LogP contribution is -2.37. The molecule has 3 aromatic carbocycles. The average molecular weight is 626 g/mol. The number of benzene rings is 3. The Labute approximate surface area is 258 Å². The summed E-state index contributed by atoms with van der Waals surface area (Å²) in [6.07, 6.45) is -3.84. The van der Waals surface area contributed by atoms with Crippen molar-refractivity contribution in [1.29, 1.82) is 0 Å². The number of methoxy groups -OCH3 is 2. The van der Waals surface area contributed by atoms with Gasteiger partial charge in [-0.3, -0.25) is 4.79 Å². The number of aromatic nitrogens is 2. The van der Waals surface area contributed by atoms with Crippen molar-refractivity contribution in [3.8, 4) is 11.5 Å². The molecule has 10 nitrogen and oxygen atoms in total. The number of carbonyl (C=O) groups is 2. The highest BCUT2D eigenvalue weighted by Gasteiger charge is 2.38. The van der Waals surface area contributed by atoms with Gasteiger partial charge in [-0.25, -0.2) is 9.78 Å². The number of nitrogens with one attached hydrogen (secondary N) is 3. The molecule has 4 rings (SSSR count). The van der Waals surface area contributed by atoms with Crippen molar-refractivity contribution in [3.63, 3.8) is 0 Å². The van der Waals surface area contributed by atoms with Gasteiger partial charge in [0.1, 0.15) is 23.4 Å². The van der Waals surface area contributed by atoms with Crippen LogP contribution in [0.2, 0.25) is 0 Å². The van der Waals surface area contributed by atoms with E-state index in [1.54, 1.807) is 14.2 Å². The Balaban J connectivity index is 0.000000707. The molecule has 1 amide bonds. The monoisotopic (exact) mass is 625 g/mol. The summed E-state index contributed by atoms with van der Waals surface area (Å²) in [4.78, 5) is 31.4. The second-order valence-electron chi connectivity index (χ2n) is 9.61. The van der Waals surface area contributed by atoms with E-state index in [4.69, 9.17) is 19.4 Å². The number of nitrogens with zero attached hydrogens (tertiary/aromatic N) is 2.